The lowest BCUT2D eigenvalue weighted by Gasteiger charge is -2.24. The van der Waals surface area contributed by atoms with Crippen LogP contribution in [0.3, 0.4) is 0 Å². The molecule has 2 aromatic rings. The number of anilines is 2. The number of ketones is 1. The number of benzene rings is 1. The summed E-state index contributed by atoms with van der Waals surface area (Å²) in [4.78, 5) is 33.4. The van der Waals surface area contributed by atoms with Gasteiger partial charge in [-0.3, -0.25) is 9.59 Å². The molecule has 0 radical (unpaired) electrons. The lowest BCUT2D eigenvalue weighted by Crippen LogP contribution is -2.22. The Kier molecular flexibility index (Phi) is 5.97. The molecule has 29 heavy (non-hydrogen) atoms. The van der Waals surface area contributed by atoms with Crippen LogP contribution in [0.2, 0.25) is 5.02 Å². The topological polar surface area (TPSA) is 92.6 Å². The molecule has 0 aliphatic heterocycles. The van der Waals surface area contributed by atoms with E-state index in [2.05, 4.69) is 9.97 Å². The average Bonchev–Trinajstić information content (AvgIpc) is 3.49. The highest BCUT2D eigenvalue weighted by molar-refractivity contribution is 6.31. The highest BCUT2D eigenvalue weighted by atomic mass is 35.5. The minimum Gasteiger partial charge on any atom is -0.481 e. The molecule has 2 atom stereocenters. The van der Waals surface area contributed by atoms with Crippen LogP contribution in [0, 0.1) is 23.5 Å². The maximum atomic E-state index is 14.4. The summed E-state index contributed by atoms with van der Waals surface area (Å²) >= 11 is 5.80. The van der Waals surface area contributed by atoms with Gasteiger partial charge < -0.3 is 14.7 Å². The molecule has 1 aliphatic carbocycles. The first-order valence-electron chi connectivity index (χ1n) is 8.88. The molecule has 2 unspecified atom stereocenters. The Morgan fingerprint density at radius 3 is 2.62 bits per heavy atom. The second-order valence-corrected chi connectivity index (χ2v) is 7.01. The normalized spacial score (nSPS) is 17.7. The standard InChI is InChI=1S/C19H18ClF2N3O4/c1-3-4-25(14-6-11(20)12(21)7-13(14)22)15-8-23-16(18(24-15)29-2)17(26)9-5-10(9)19(27)28/h6-10H,3-5H2,1-2H3,(H,27,28). The number of halogens is 3. The fourth-order valence-electron chi connectivity index (χ4n) is 3.04. The molecule has 0 amide bonds. The number of hydrogen-bond acceptors (Lipinski definition) is 6. The van der Waals surface area contributed by atoms with E-state index in [-0.39, 0.29) is 34.5 Å². The van der Waals surface area contributed by atoms with Gasteiger partial charge in [-0.15, -0.1) is 0 Å². The number of carbonyl (C=O) groups excluding carboxylic acids is 1. The third-order valence-corrected chi connectivity index (χ3v) is 4.89. The van der Waals surface area contributed by atoms with E-state index in [9.17, 15) is 18.4 Å². The van der Waals surface area contributed by atoms with E-state index < -0.39 is 35.2 Å². The van der Waals surface area contributed by atoms with Crippen LogP contribution in [-0.2, 0) is 4.79 Å². The van der Waals surface area contributed by atoms with Gasteiger partial charge >= 0.3 is 5.97 Å². The van der Waals surface area contributed by atoms with Crippen molar-refractivity contribution < 1.29 is 28.2 Å². The van der Waals surface area contributed by atoms with Gasteiger partial charge in [0.1, 0.15) is 11.6 Å². The van der Waals surface area contributed by atoms with Crippen LogP contribution in [0.4, 0.5) is 20.3 Å². The van der Waals surface area contributed by atoms with Crippen molar-refractivity contribution in [3.8, 4) is 5.88 Å². The predicted octanol–water partition coefficient (Wildman–Crippen LogP) is 3.87. The summed E-state index contributed by atoms with van der Waals surface area (Å²) in [5.41, 5.74) is -0.0825. The smallest absolute Gasteiger partial charge is 0.307 e. The van der Waals surface area contributed by atoms with Gasteiger partial charge in [-0.05, 0) is 18.9 Å². The summed E-state index contributed by atoms with van der Waals surface area (Å²) in [6.07, 6.45) is 2.10. The van der Waals surface area contributed by atoms with Crippen molar-refractivity contribution in [2.45, 2.75) is 19.8 Å². The van der Waals surface area contributed by atoms with Crippen molar-refractivity contribution >= 4 is 34.9 Å². The van der Waals surface area contributed by atoms with Crippen LogP contribution in [0.25, 0.3) is 0 Å². The van der Waals surface area contributed by atoms with Gasteiger partial charge in [-0.2, -0.15) is 4.98 Å². The third kappa shape index (κ3) is 4.14. The Morgan fingerprint density at radius 2 is 2.03 bits per heavy atom. The summed E-state index contributed by atoms with van der Waals surface area (Å²) < 4.78 is 33.1. The molecule has 1 aromatic carbocycles. The Balaban J connectivity index is 1.98. The van der Waals surface area contributed by atoms with E-state index in [1.807, 2.05) is 6.92 Å². The number of carboxylic acid groups (broad SMARTS) is 1. The van der Waals surface area contributed by atoms with E-state index in [4.69, 9.17) is 21.4 Å². The fourth-order valence-corrected chi connectivity index (χ4v) is 3.20. The first-order valence-corrected chi connectivity index (χ1v) is 9.26. The van der Waals surface area contributed by atoms with Gasteiger partial charge in [0.05, 0.1) is 29.9 Å². The Labute approximate surface area is 170 Å². The summed E-state index contributed by atoms with van der Waals surface area (Å²) in [7, 11) is 1.30. The van der Waals surface area contributed by atoms with Crippen molar-refractivity contribution in [3.05, 3.63) is 40.7 Å². The maximum absolute atomic E-state index is 14.4. The molecule has 1 fully saturated rings. The number of aliphatic carboxylic acids is 1. The molecule has 0 bridgehead atoms. The number of rotatable bonds is 8. The van der Waals surface area contributed by atoms with Gasteiger partial charge in [0, 0.05) is 18.5 Å². The third-order valence-electron chi connectivity index (χ3n) is 4.60. The highest BCUT2D eigenvalue weighted by Gasteiger charge is 2.49. The zero-order chi connectivity index (χ0) is 21.3. The molecule has 1 aromatic heterocycles. The second kappa shape index (κ2) is 8.28. The Bertz CT molecular complexity index is 973. The zero-order valence-corrected chi connectivity index (χ0v) is 16.4. The number of aromatic nitrogens is 2. The number of ether oxygens (including phenoxy) is 1. The average molecular weight is 426 g/mol. The van der Waals surface area contributed by atoms with Gasteiger partial charge in [0.15, 0.2) is 17.3 Å². The number of Topliss-reactive ketones (excluding diaryl/α,β-unsaturated/α-hetero) is 1. The van der Waals surface area contributed by atoms with Crippen molar-refractivity contribution in [1.29, 1.82) is 0 Å². The van der Waals surface area contributed by atoms with Gasteiger partial charge in [0.25, 0.3) is 0 Å². The number of carboxylic acids is 1. The molecular weight excluding hydrogens is 408 g/mol. The van der Waals surface area contributed by atoms with Gasteiger partial charge in [-0.25, -0.2) is 13.8 Å². The van der Waals surface area contributed by atoms with Crippen molar-refractivity contribution in [1.82, 2.24) is 9.97 Å². The summed E-state index contributed by atoms with van der Waals surface area (Å²) in [5.74, 6) is -4.54. The fraction of sp³-hybridized carbons (Fsp3) is 0.368. The summed E-state index contributed by atoms with van der Waals surface area (Å²) in [6, 6.07) is 1.83. The van der Waals surface area contributed by atoms with Crippen molar-refractivity contribution in [2.75, 3.05) is 18.6 Å². The SMILES string of the molecule is CCCN(c1cnc(C(=O)C2CC2C(=O)O)c(OC)n1)c1cc(Cl)c(F)cc1F. The van der Waals surface area contributed by atoms with Crippen LogP contribution in [0.1, 0.15) is 30.3 Å². The molecule has 1 heterocycles. The lowest BCUT2D eigenvalue weighted by atomic mass is 10.1. The van der Waals surface area contributed by atoms with Crippen molar-refractivity contribution in [3.63, 3.8) is 0 Å². The lowest BCUT2D eigenvalue weighted by molar-refractivity contribution is -0.138. The molecule has 3 rings (SSSR count). The second-order valence-electron chi connectivity index (χ2n) is 6.61. The summed E-state index contributed by atoms with van der Waals surface area (Å²) in [6.45, 7) is 2.17. The molecule has 10 heteroatoms. The Morgan fingerprint density at radius 1 is 1.31 bits per heavy atom. The molecule has 1 N–H and O–H groups in total. The van der Waals surface area contributed by atoms with Crippen LogP contribution < -0.4 is 9.64 Å². The molecule has 7 nitrogen and oxygen atoms in total. The van der Waals surface area contributed by atoms with E-state index in [1.165, 1.54) is 18.2 Å². The number of nitrogens with zero attached hydrogens (tertiary/aromatic N) is 3. The maximum Gasteiger partial charge on any atom is 0.307 e. The van der Waals surface area contributed by atoms with Crippen molar-refractivity contribution in [2.24, 2.45) is 11.8 Å². The molecule has 154 valence electrons. The predicted molar refractivity (Wildman–Crippen MR) is 101 cm³/mol. The molecule has 0 spiro atoms. The quantitative estimate of drug-likeness (QED) is 0.507. The zero-order valence-electron chi connectivity index (χ0n) is 15.7. The van der Waals surface area contributed by atoms with E-state index in [1.54, 1.807) is 0 Å². The van der Waals surface area contributed by atoms with E-state index >= 15 is 0 Å². The van der Waals surface area contributed by atoms with Gasteiger partial charge in [0.2, 0.25) is 5.88 Å². The van der Waals surface area contributed by atoms with Crippen LogP contribution in [0.15, 0.2) is 18.3 Å². The van der Waals surface area contributed by atoms with Crippen LogP contribution >= 0.6 is 11.6 Å². The minimum atomic E-state index is -1.04. The number of hydrogen-bond donors (Lipinski definition) is 1. The van der Waals surface area contributed by atoms with E-state index in [0.717, 1.165) is 6.07 Å². The monoisotopic (exact) mass is 425 g/mol. The molecule has 1 aliphatic rings. The van der Waals surface area contributed by atoms with Crippen LogP contribution in [-0.4, -0.2) is 40.5 Å². The first-order chi connectivity index (χ1) is 13.8. The molecule has 0 saturated heterocycles. The van der Waals surface area contributed by atoms with E-state index in [0.29, 0.717) is 19.0 Å². The van der Waals surface area contributed by atoms with Crippen LogP contribution in [0.5, 0.6) is 5.88 Å². The largest absolute Gasteiger partial charge is 0.481 e. The molecule has 1 saturated carbocycles. The number of carbonyl (C=O) groups is 2. The van der Waals surface area contributed by atoms with Gasteiger partial charge in [-0.1, -0.05) is 18.5 Å². The summed E-state index contributed by atoms with van der Waals surface area (Å²) in [5, 5.41) is 8.77. The molecular formula is C19H18ClF2N3O4. The minimum absolute atomic E-state index is 0.00168. The number of methoxy groups -OCH3 is 1. The first kappa shape index (κ1) is 20.9. The Hall–Kier alpha value is -2.81. The highest BCUT2D eigenvalue weighted by Crippen LogP contribution is 2.42.